The highest BCUT2D eigenvalue weighted by Crippen LogP contribution is 2.30. The summed E-state index contributed by atoms with van der Waals surface area (Å²) in [6, 6.07) is 6.27. The Morgan fingerprint density at radius 2 is 1.81 bits per heavy atom. The van der Waals surface area contributed by atoms with Crippen LogP contribution in [-0.2, 0) is 4.74 Å². The average molecular weight is 376 g/mol. The maximum Gasteiger partial charge on any atom is 0.292 e. The molecule has 1 aromatic rings. The van der Waals surface area contributed by atoms with Gasteiger partial charge in [-0.25, -0.2) is 0 Å². The zero-order valence-electron chi connectivity index (χ0n) is 16.8. The van der Waals surface area contributed by atoms with Gasteiger partial charge in [-0.3, -0.25) is 10.1 Å². The first-order valence-corrected chi connectivity index (χ1v) is 10.3. The SMILES string of the molecule is Cc1ccc([N+](=O)[O-])c(NC2CCN(C3CCC(OC(C)C)CC3)CC2)c1. The van der Waals surface area contributed by atoms with Crippen LogP contribution in [0.4, 0.5) is 11.4 Å². The largest absolute Gasteiger partial charge is 0.377 e. The molecule has 0 amide bonds. The Bertz CT molecular complexity index is 634. The molecule has 6 heteroatoms. The van der Waals surface area contributed by atoms with E-state index in [1.54, 1.807) is 12.1 Å². The summed E-state index contributed by atoms with van der Waals surface area (Å²) in [6.45, 7) is 8.33. The fourth-order valence-corrected chi connectivity index (χ4v) is 4.48. The molecule has 0 spiro atoms. The van der Waals surface area contributed by atoms with Gasteiger partial charge in [0.1, 0.15) is 5.69 Å². The van der Waals surface area contributed by atoms with Crippen LogP contribution in [0.3, 0.4) is 0 Å². The van der Waals surface area contributed by atoms with Crippen molar-refractivity contribution in [1.82, 2.24) is 4.90 Å². The summed E-state index contributed by atoms with van der Waals surface area (Å²) in [4.78, 5) is 13.6. The molecule has 1 N–H and O–H groups in total. The van der Waals surface area contributed by atoms with E-state index in [9.17, 15) is 10.1 Å². The molecule has 0 bridgehead atoms. The van der Waals surface area contributed by atoms with Crippen LogP contribution in [0.25, 0.3) is 0 Å². The minimum Gasteiger partial charge on any atom is -0.377 e. The number of ether oxygens (including phenoxy) is 1. The maximum atomic E-state index is 11.3. The number of likely N-dealkylation sites (tertiary alicyclic amines) is 1. The molecular weight excluding hydrogens is 342 g/mol. The fourth-order valence-electron chi connectivity index (χ4n) is 4.48. The van der Waals surface area contributed by atoms with Crippen LogP contribution >= 0.6 is 0 Å². The molecule has 2 aliphatic rings. The van der Waals surface area contributed by atoms with Gasteiger partial charge < -0.3 is 15.0 Å². The number of rotatable bonds is 6. The van der Waals surface area contributed by atoms with Crippen molar-refractivity contribution in [3.05, 3.63) is 33.9 Å². The zero-order chi connectivity index (χ0) is 19.4. The van der Waals surface area contributed by atoms with Gasteiger partial charge >= 0.3 is 0 Å². The van der Waals surface area contributed by atoms with Gasteiger partial charge in [0, 0.05) is 31.2 Å². The third-order valence-electron chi connectivity index (χ3n) is 5.86. The summed E-state index contributed by atoms with van der Waals surface area (Å²) in [5.74, 6) is 0. The van der Waals surface area contributed by atoms with Gasteiger partial charge in [0.25, 0.3) is 5.69 Å². The summed E-state index contributed by atoms with van der Waals surface area (Å²) in [5, 5.41) is 14.7. The van der Waals surface area contributed by atoms with Crippen molar-refractivity contribution in [2.75, 3.05) is 18.4 Å². The first-order chi connectivity index (χ1) is 12.9. The molecule has 0 radical (unpaired) electrons. The number of benzene rings is 1. The van der Waals surface area contributed by atoms with Crippen molar-refractivity contribution in [2.24, 2.45) is 0 Å². The maximum absolute atomic E-state index is 11.3. The van der Waals surface area contributed by atoms with E-state index >= 15 is 0 Å². The van der Waals surface area contributed by atoms with Gasteiger partial charge in [-0.1, -0.05) is 6.07 Å². The molecule has 2 fully saturated rings. The van der Waals surface area contributed by atoms with Gasteiger partial charge in [0.2, 0.25) is 0 Å². The predicted octanol–water partition coefficient (Wildman–Crippen LogP) is 4.52. The van der Waals surface area contributed by atoms with E-state index in [0.29, 0.717) is 30.0 Å². The zero-order valence-corrected chi connectivity index (χ0v) is 16.8. The number of nitro benzene ring substituents is 1. The lowest BCUT2D eigenvalue weighted by Crippen LogP contribution is -2.46. The van der Waals surface area contributed by atoms with Gasteiger partial charge in [0.05, 0.1) is 17.1 Å². The molecule has 1 aromatic carbocycles. The van der Waals surface area contributed by atoms with Crippen molar-refractivity contribution in [1.29, 1.82) is 0 Å². The first kappa shape index (κ1) is 20.1. The number of hydrogen-bond donors (Lipinski definition) is 1. The Hall–Kier alpha value is -1.66. The number of hydrogen-bond acceptors (Lipinski definition) is 5. The Kier molecular flexibility index (Phi) is 6.71. The van der Waals surface area contributed by atoms with Crippen molar-refractivity contribution in [3.8, 4) is 0 Å². The Morgan fingerprint density at radius 1 is 1.15 bits per heavy atom. The van der Waals surface area contributed by atoms with Crippen molar-refractivity contribution in [3.63, 3.8) is 0 Å². The van der Waals surface area contributed by atoms with E-state index in [0.717, 1.165) is 44.3 Å². The summed E-state index contributed by atoms with van der Waals surface area (Å²) in [5.41, 5.74) is 1.87. The van der Waals surface area contributed by atoms with Crippen LogP contribution in [0.15, 0.2) is 18.2 Å². The fraction of sp³-hybridized carbons (Fsp3) is 0.714. The van der Waals surface area contributed by atoms with Crippen LogP contribution in [0, 0.1) is 17.0 Å². The lowest BCUT2D eigenvalue weighted by molar-refractivity contribution is -0.384. The second-order valence-corrected chi connectivity index (χ2v) is 8.35. The number of nitro groups is 1. The van der Waals surface area contributed by atoms with Gasteiger partial charge in [0.15, 0.2) is 0 Å². The predicted molar refractivity (Wildman–Crippen MR) is 108 cm³/mol. The molecule has 150 valence electrons. The molecule has 27 heavy (non-hydrogen) atoms. The lowest BCUT2D eigenvalue weighted by atomic mass is 9.90. The number of nitrogens with one attached hydrogen (secondary N) is 1. The number of nitrogens with zero attached hydrogens (tertiary/aromatic N) is 2. The molecule has 0 aromatic heterocycles. The first-order valence-electron chi connectivity index (χ1n) is 10.3. The summed E-state index contributed by atoms with van der Waals surface area (Å²) in [7, 11) is 0. The molecule has 1 heterocycles. The van der Waals surface area contributed by atoms with E-state index in [1.807, 2.05) is 13.0 Å². The highest BCUT2D eigenvalue weighted by molar-refractivity contribution is 5.63. The third kappa shape index (κ3) is 5.42. The highest BCUT2D eigenvalue weighted by atomic mass is 16.6. The summed E-state index contributed by atoms with van der Waals surface area (Å²) >= 11 is 0. The minimum absolute atomic E-state index is 0.173. The average Bonchev–Trinajstić information content (AvgIpc) is 2.62. The van der Waals surface area contributed by atoms with Crippen LogP contribution < -0.4 is 5.32 Å². The summed E-state index contributed by atoms with van der Waals surface area (Å²) in [6.07, 6.45) is 7.59. The second-order valence-electron chi connectivity index (χ2n) is 8.35. The molecule has 1 saturated heterocycles. The quantitative estimate of drug-likeness (QED) is 0.585. The summed E-state index contributed by atoms with van der Waals surface area (Å²) < 4.78 is 5.97. The van der Waals surface area contributed by atoms with Crippen LogP contribution in [0.2, 0.25) is 0 Å². The number of piperidine rings is 1. The molecule has 1 saturated carbocycles. The Balaban J connectivity index is 1.49. The normalized spacial score (nSPS) is 24.9. The monoisotopic (exact) mass is 375 g/mol. The highest BCUT2D eigenvalue weighted by Gasteiger charge is 2.30. The standard InChI is InChI=1S/C21H33N3O3/c1-15(2)27-19-7-5-18(6-8-19)23-12-10-17(11-13-23)22-20-14-16(3)4-9-21(20)24(25)26/h4,9,14-15,17-19,22H,5-8,10-13H2,1-3H3. The van der Waals surface area contributed by atoms with Gasteiger partial charge in [-0.2, -0.15) is 0 Å². The van der Waals surface area contributed by atoms with Crippen molar-refractivity contribution < 1.29 is 9.66 Å². The molecule has 3 rings (SSSR count). The smallest absolute Gasteiger partial charge is 0.292 e. The molecule has 0 atom stereocenters. The molecule has 0 unspecified atom stereocenters. The van der Waals surface area contributed by atoms with E-state index in [4.69, 9.17) is 4.74 Å². The van der Waals surface area contributed by atoms with Crippen LogP contribution in [0.1, 0.15) is 57.9 Å². The van der Waals surface area contributed by atoms with Crippen LogP contribution in [0.5, 0.6) is 0 Å². The molecular formula is C21H33N3O3. The number of anilines is 1. The van der Waals surface area contributed by atoms with Crippen molar-refractivity contribution in [2.45, 2.75) is 83.6 Å². The van der Waals surface area contributed by atoms with Crippen molar-refractivity contribution >= 4 is 11.4 Å². The Labute approximate surface area is 162 Å². The van der Waals surface area contributed by atoms with Gasteiger partial charge in [-0.15, -0.1) is 0 Å². The minimum atomic E-state index is -0.297. The Morgan fingerprint density at radius 3 is 2.41 bits per heavy atom. The molecule has 1 aliphatic carbocycles. The van der Waals surface area contributed by atoms with E-state index < -0.39 is 0 Å². The number of aryl methyl sites for hydroxylation is 1. The lowest BCUT2D eigenvalue weighted by Gasteiger charge is -2.41. The van der Waals surface area contributed by atoms with Crippen LogP contribution in [-0.4, -0.2) is 47.2 Å². The second kappa shape index (κ2) is 9.02. The van der Waals surface area contributed by atoms with Gasteiger partial charge in [-0.05, 0) is 70.9 Å². The van der Waals surface area contributed by atoms with E-state index in [2.05, 4.69) is 24.1 Å². The third-order valence-corrected chi connectivity index (χ3v) is 5.86. The van der Waals surface area contributed by atoms with E-state index in [-0.39, 0.29) is 10.6 Å². The topological polar surface area (TPSA) is 67.6 Å². The molecule has 6 nitrogen and oxygen atoms in total. The van der Waals surface area contributed by atoms with E-state index in [1.165, 1.54) is 12.8 Å². The molecule has 1 aliphatic heterocycles.